The predicted octanol–water partition coefficient (Wildman–Crippen LogP) is 2.45. The van der Waals surface area contributed by atoms with Gasteiger partial charge in [-0.3, -0.25) is 14.4 Å². The molecule has 9 heteroatoms. The van der Waals surface area contributed by atoms with Gasteiger partial charge >= 0.3 is 41.6 Å². The Hall–Kier alpha value is -2.94. The Morgan fingerprint density at radius 2 is 1.68 bits per heavy atom. The molecule has 3 N–H and O–H groups in total. The van der Waals surface area contributed by atoms with E-state index in [9.17, 15) is 24.3 Å². The SMILES string of the molecule is CC1=CC(=O)C(NC(=O)N[C@@H](CC(=O)O)c2cccc(-c3ccccc3C)c2C)C(=O)N1C.[NaH]. The topological polar surface area (TPSA) is 116 Å². The van der Waals surface area contributed by atoms with Crippen LogP contribution in [0, 0.1) is 13.8 Å². The number of urea groups is 1. The summed E-state index contributed by atoms with van der Waals surface area (Å²) < 4.78 is 0. The number of ketones is 1. The van der Waals surface area contributed by atoms with Gasteiger partial charge in [0, 0.05) is 18.8 Å². The summed E-state index contributed by atoms with van der Waals surface area (Å²) in [5.74, 6) is -2.18. The van der Waals surface area contributed by atoms with Crippen molar-refractivity contribution in [1.82, 2.24) is 15.5 Å². The van der Waals surface area contributed by atoms with E-state index >= 15 is 0 Å². The number of rotatable bonds is 6. The van der Waals surface area contributed by atoms with Crippen molar-refractivity contribution >= 4 is 53.2 Å². The number of aryl methyl sites for hydroxylation is 1. The summed E-state index contributed by atoms with van der Waals surface area (Å²) in [5.41, 5.74) is 4.97. The second-order valence-corrected chi connectivity index (χ2v) is 8.12. The zero-order chi connectivity index (χ0) is 24.3. The van der Waals surface area contributed by atoms with E-state index in [1.54, 1.807) is 13.0 Å². The summed E-state index contributed by atoms with van der Waals surface area (Å²) in [6.07, 6.45) is 0.924. The Kier molecular flexibility index (Phi) is 9.21. The van der Waals surface area contributed by atoms with Gasteiger partial charge < -0.3 is 20.6 Å². The van der Waals surface area contributed by atoms with Gasteiger partial charge in [0.25, 0.3) is 5.91 Å². The van der Waals surface area contributed by atoms with Gasteiger partial charge in [-0.2, -0.15) is 0 Å². The van der Waals surface area contributed by atoms with E-state index in [1.807, 2.05) is 50.2 Å². The van der Waals surface area contributed by atoms with Gasteiger partial charge in [-0.05, 0) is 48.6 Å². The van der Waals surface area contributed by atoms with Gasteiger partial charge in [0.15, 0.2) is 11.8 Å². The molecule has 1 heterocycles. The van der Waals surface area contributed by atoms with Crippen molar-refractivity contribution in [2.45, 2.75) is 39.3 Å². The quantitative estimate of drug-likeness (QED) is 0.440. The minimum absolute atomic E-state index is 0. The van der Waals surface area contributed by atoms with Crippen LogP contribution in [0.1, 0.15) is 36.1 Å². The molecule has 1 aliphatic rings. The summed E-state index contributed by atoms with van der Waals surface area (Å²) in [7, 11) is 1.51. The number of carbonyl (C=O) groups excluding carboxylic acids is 3. The average Bonchev–Trinajstić information content (AvgIpc) is 2.75. The second kappa shape index (κ2) is 11.5. The van der Waals surface area contributed by atoms with E-state index < -0.39 is 35.8 Å². The summed E-state index contributed by atoms with van der Waals surface area (Å²) in [6, 6.07) is 10.4. The van der Waals surface area contributed by atoms with Gasteiger partial charge in [-0.15, -0.1) is 0 Å². The molecular weight excluding hydrogens is 445 g/mol. The standard InChI is InChI=1S/C25H27N3O5.Na.H/c1-14-8-5-6-9-17(14)18-10-7-11-19(16(18)3)20(13-22(30)31)26-25(33)27-23-21(29)12-15(2)28(4)24(23)32;;/h5-12,20,23H,13H2,1-4H3,(H,30,31)(H2,26,27,33);;/t20-,23?;;/m0../s1. The Balaban J connectivity index is 0.00000408. The summed E-state index contributed by atoms with van der Waals surface area (Å²) in [5, 5.41) is 14.5. The monoisotopic (exact) mass is 473 g/mol. The number of allylic oxidation sites excluding steroid dienone is 1. The zero-order valence-corrected chi connectivity index (χ0v) is 19.0. The number of likely N-dealkylation sites (N-methyl/N-ethyl adjacent to an activating group) is 1. The first-order chi connectivity index (χ1) is 15.6. The molecule has 3 amide bonds. The number of hydrogen-bond acceptors (Lipinski definition) is 4. The molecule has 0 saturated heterocycles. The van der Waals surface area contributed by atoms with Crippen molar-refractivity contribution < 1.29 is 24.3 Å². The molecule has 0 aromatic heterocycles. The number of benzene rings is 2. The maximum absolute atomic E-state index is 12.7. The molecule has 2 atom stereocenters. The van der Waals surface area contributed by atoms with Crippen molar-refractivity contribution in [2.75, 3.05) is 7.05 Å². The van der Waals surface area contributed by atoms with Gasteiger partial charge in [-0.1, -0.05) is 42.5 Å². The van der Waals surface area contributed by atoms with Crippen LogP contribution < -0.4 is 10.6 Å². The fourth-order valence-electron chi connectivity index (χ4n) is 3.95. The van der Waals surface area contributed by atoms with Gasteiger partial charge in [0.1, 0.15) is 0 Å². The Labute approximate surface area is 220 Å². The number of aliphatic carboxylic acids is 1. The molecule has 174 valence electrons. The summed E-state index contributed by atoms with van der Waals surface area (Å²) in [4.78, 5) is 50.3. The van der Waals surface area contributed by atoms with Crippen LogP contribution in [0.15, 0.2) is 54.2 Å². The minimum atomic E-state index is -1.36. The van der Waals surface area contributed by atoms with E-state index in [-0.39, 0.29) is 36.0 Å². The third-order valence-electron chi connectivity index (χ3n) is 5.89. The molecule has 34 heavy (non-hydrogen) atoms. The van der Waals surface area contributed by atoms with Crippen molar-refractivity contribution in [3.63, 3.8) is 0 Å². The van der Waals surface area contributed by atoms with Crippen LogP contribution in [0.5, 0.6) is 0 Å². The van der Waals surface area contributed by atoms with E-state index in [4.69, 9.17) is 0 Å². The van der Waals surface area contributed by atoms with Crippen LogP contribution in [0.3, 0.4) is 0 Å². The van der Waals surface area contributed by atoms with Crippen LogP contribution in [-0.4, -0.2) is 76.3 Å². The molecule has 2 aromatic carbocycles. The second-order valence-electron chi connectivity index (χ2n) is 8.12. The summed E-state index contributed by atoms with van der Waals surface area (Å²) >= 11 is 0. The van der Waals surface area contributed by atoms with E-state index in [1.165, 1.54) is 18.0 Å². The number of carboxylic acid groups (broad SMARTS) is 1. The van der Waals surface area contributed by atoms with Crippen molar-refractivity contribution in [3.8, 4) is 11.1 Å². The van der Waals surface area contributed by atoms with Crippen molar-refractivity contribution in [1.29, 1.82) is 0 Å². The van der Waals surface area contributed by atoms with Gasteiger partial charge in [-0.25, -0.2) is 4.79 Å². The van der Waals surface area contributed by atoms with Crippen molar-refractivity contribution in [3.05, 3.63) is 70.9 Å². The molecule has 0 bridgehead atoms. The summed E-state index contributed by atoms with van der Waals surface area (Å²) in [6.45, 7) is 5.49. The molecule has 0 saturated carbocycles. The molecule has 8 nitrogen and oxygen atoms in total. The molecule has 1 unspecified atom stereocenters. The molecule has 0 fully saturated rings. The third-order valence-corrected chi connectivity index (χ3v) is 5.89. The van der Waals surface area contributed by atoms with Gasteiger partial charge in [0.2, 0.25) is 0 Å². The Bertz CT molecular complexity index is 1160. The molecule has 0 aliphatic carbocycles. The van der Waals surface area contributed by atoms with Crippen LogP contribution in [0.2, 0.25) is 0 Å². The number of hydrogen-bond donors (Lipinski definition) is 3. The predicted molar refractivity (Wildman–Crippen MR) is 130 cm³/mol. The fourth-order valence-corrected chi connectivity index (χ4v) is 3.95. The number of carboxylic acids is 1. The van der Waals surface area contributed by atoms with Crippen LogP contribution >= 0.6 is 0 Å². The van der Waals surface area contributed by atoms with Crippen LogP contribution in [-0.2, 0) is 14.4 Å². The average molecular weight is 474 g/mol. The number of carbonyl (C=O) groups is 4. The molecular formula is C25H28N3NaO5. The third kappa shape index (κ3) is 5.94. The van der Waals surface area contributed by atoms with Gasteiger partial charge in [0.05, 0.1) is 12.5 Å². The van der Waals surface area contributed by atoms with E-state index in [0.29, 0.717) is 11.3 Å². The zero-order valence-electron chi connectivity index (χ0n) is 19.0. The fraction of sp³-hybridized carbons (Fsp3) is 0.280. The molecule has 3 rings (SSSR count). The first-order valence-corrected chi connectivity index (χ1v) is 10.5. The molecule has 1 aliphatic heterocycles. The number of amides is 3. The normalized spacial score (nSPS) is 16.3. The molecule has 0 spiro atoms. The number of nitrogens with one attached hydrogen (secondary N) is 2. The molecule has 0 radical (unpaired) electrons. The Morgan fingerprint density at radius 1 is 1.03 bits per heavy atom. The van der Waals surface area contributed by atoms with Crippen molar-refractivity contribution in [2.24, 2.45) is 0 Å². The van der Waals surface area contributed by atoms with E-state index in [2.05, 4.69) is 10.6 Å². The maximum atomic E-state index is 12.7. The van der Waals surface area contributed by atoms with Crippen LogP contribution in [0.4, 0.5) is 4.79 Å². The first kappa shape index (κ1) is 27.3. The Morgan fingerprint density at radius 3 is 2.32 bits per heavy atom. The first-order valence-electron chi connectivity index (χ1n) is 10.5. The van der Waals surface area contributed by atoms with E-state index in [0.717, 1.165) is 22.3 Å². The molecule has 2 aromatic rings. The number of nitrogens with zero attached hydrogens (tertiary/aromatic N) is 1. The van der Waals surface area contributed by atoms with Crippen LogP contribution in [0.25, 0.3) is 11.1 Å².